The zero-order valence-electron chi connectivity index (χ0n) is 12.1. The maximum absolute atomic E-state index is 14.1. The van der Waals surface area contributed by atoms with Gasteiger partial charge in [-0.2, -0.15) is 11.8 Å². The van der Waals surface area contributed by atoms with Crippen molar-refractivity contribution in [2.45, 2.75) is 37.2 Å². The molecular formula is C14H21FN2O2S2. The summed E-state index contributed by atoms with van der Waals surface area (Å²) in [5.74, 6) is 1.00. The highest BCUT2D eigenvalue weighted by molar-refractivity contribution is 7.99. The number of hydrogen-bond acceptors (Lipinski definition) is 4. The van der Waals surface area contributed by atoms with Crippen LogP contribution in [0, 0.1) is 5.82 Å². The van der Waals surface area contributed by atoms with Gasteiger partial charge >= 0.3 is 0 Å². The zero-order valence-corrected chi connectivity index (χ0v) is 13.7. The number of hydrogen-bond donors (Lipinski definition) is 2. The van der Waals surface area contributed by atoms with Gasteiger partial charge in [0.15, 0.2) is 0 Å². The predicted octanol–water partition coefficient (Wildman–Crippen LogP) is 2.11. The van der Waals surface area contributed by atoms with Gasteiger partial charge in [-0.15, -0.1) is 0 Å². The monoisotopic (exact) mass is 332 g/mol. The molecule has 1 atom stereocenters. The van der Waals surface area contributed by atoms with Crippen LogP contribution in [0.25, 0.3) is 0 Å². The Morgan fingerprint density at radius 3 is 2.86 bits per heavy atom. The maximum atomic E-state index is 14.1. The summed E-state index contributed by atoms with van der Waals surface area (Å²) in [7, 11) is -3.78. The van der Waals surface area contributed by atoms with Gasteiger partial charge in [-0.3, -0.25) is 0 Å². The van der Waals surface area contributed by atoms with Crippen molar-refractivity contribution in [2.24, 2.45) is 0 Å². The minimum atomic E-state index is -3.78. The van der Waals surface area contributed by atoms with Crippen molar-refractivity contribution >= 4 is 21.8 Å². The van der Waals surface area contributed by atoms with E-state index in [1.807, 2.05) is 0 Å². The minimum absolute atomic E-state index is 0.0923. The second-order valence-corrected chi connectivity index (χ2v) is 7.96. The summed E-state index contributed by atoms with van der Waals surface area (Å²) in [5, 5.41) is 3.16. The van der Waals surface area contributed by atoms with E-state index in [4.69, 9.17) is 0 Å². The first-order valence-corrected chi connectivity index (χ1v) is 9.76. The summed E-state index contributed by atoms with van der Waals surface area (Å²) in [6.45, 7) is 3.44. The van der Waals surface area contributed by atoms with E-state index in [0.717, 1.165) is 36.5 Å². The molecule has 1 aliphatic rings. The van der Waals surface area contributed by atoms with Gasteiger partial charge in [-0.25, -0.2) is 17.5 Å². The molecule has 0 amide bonds. The van der Waals surface area contributed by atoms with Crippen LogP contribution >= 0.6 is 11.8 Å². The molecule has 2 N–H and O–H groups in total. The van der Waals surface area contributed by atoms with Crippen LogP contribution in [0.4, 0.5) is 4.39 Å². The molecule has 1 aromatic carbocycles. The minimum Gasteiger partial charge on any atom is -0.313 e. The zero-order chi connectivity index (χ0) is 15.3. The molecule has 0 saturated carbocycles. The molecule has 0 spiro atoms. The Bertz CT molecular complexity index is 572. The molecule has 21 heavy (non-hydrogen) atoms. The van der Waals surface area contributed by atoms with E-state index < -0.39 is 15.8 Å². The highest BCUT2D eigenvalue weighted by atomic mass is 32.2. The van der Waals surface area contributed by atoms with Crippen LogP contribution in [0.2, 0.25) is 0 Å². The molecule has 2 rings (SSSR count). The molecule has 118 valence electrons. The summed E-state index contributed by atoms with van der Waals surface area (Å²) >= 11 is 1.71. The van der Waals surface area contributed by atoms with Gasteiger partial charge in [0.05, 0.1) is 0 Å². The molecule has 0 aromatic heterocycles. The van der Waals surface area contributed by atoms with E-state index in [1.165, 1.54) is 12.1 Å². The molecule has 0 radical (unpaired) electrons. The number of nitrogens with one attached hydrogen (secondary N) is 2. The lowest BCUT2D eigenvalue weighted by Gasteiger charge is -2.13. The van der Waals surface area contributed by atoms with Crippen molar-refractivity contribution in [1.29, 1.82) is 0 Å². The Morgan fingerprint density at radius 1 is 1.43 bits per heavy atom. The smallest absolute Gasteiger partial charge is 0.243 e. The van der Waals surface area contributed by atoms with Crippen LogP contribution in [0.5, 0.6) is 0 Å². The highest BCUT2D eigenvalue weighted by Gasteiger charge is 2.25. The first-order chi connectivity index (χ1) is 10.0. The van der Waals surface area contributed by atoms with Crippen LogP contribution in [0.15, 0.2) is 23.1 Å². The Kier molecular flexibility index (Phi) is 6.04. The average molecular weight is 332 g/mol. The average Bonchev–Trinajstić information content (AvgIpc) is 2.91. The SMILES string of the molecule is CCCNCc1ccc(S(=O)(=O)NC2CCSC2)c(F)c1. The third-order valence-corrected chi connectivity index (χ3v) is 6.01. The fraction of sp³-hybridized carbons (Fsp3) is 0.571. The molecule has 1 unspecified atom stereocenters. The fourth-order valence-corrected chi connectivity index (χ4v) is 4.78. The highest BCUT2D eigenvalue weighted by Crippen LogP contribution is 2.21. The second-order valence-electron chi connectivity index (χ2n) is 5.12. The summed E-state index contributed by atoms with van der Waals surface area (Å²) in [6, 6.07) is 4.21. The van der Waals surface area contributed by atoms with Gasteiger partial charge in [-0.05, 0) is 42.8 Å². The molecule has 1 aromatic rings. The molecular weight excluding hydrogens is 311 g/mol. The van der Waals surface area contributed by atoms with Crippen LogP contribution in [-0.2, 0) is 16.6 Å². The number of benzene rings is 1. The molecule has 4 nitrogen and oxygen atoms in total. The number of thioether (sulfide) groups is 1. The quantitative estimate of drug-likeness (QED) is 0.751. The molecule has 0 bridgehead atoms. The normalized spacial score (nSPS) is 19.0. The lowest BCUT2D eigenvalue weighted by molar-refractivity contribution is 0.543. The van der Waals surface area contributed by atoms with Crippen molar-refractivity contribution in [3.8, 4) is 0 Å². The van der Waals surface area contributed by atoms with Gasteiger partial charge in [0.2, 0.25) is 10.0 Å². The fourth-order valence-electron chi connectivity index (χ4n) is 2.19. The van der Waals surface area contributed by atoms with E-state index in [-0.39, 0.29) is 10.9 Å². The lowest BCUT2D eigenvalue weighted by atomic mass is 10.2. The molecule has 1 saturated heterocycles. The van der Waals surface area contributed by atoms with E-state index in [0.29, 0.717) is 6.54 Å². The van der Waals surface area contributed by atoms with E-state index in [9.17, 15) is 12.8 Å². The summed E-state index contributed by atoms with van der Waals surface area (Å²) < 4.78 is 41.1. The first kappa shape index (κ1) is 16.7. The standard InChI is InChI=1S/C14H21FN2O2S2/c1-2-6-16-9-11-3-4-14(13(15)8-11)21(18,19)17-12-5-7-20-10-12/h3-4,8,12,16-17H,2,5-7,9-10H2,1H3. The molecule has 1 heterocycles. The maximum Gasteiger partial charge on any atom is 0.243 e. The lowest BCUT2D eigenvalue weighted by Crippen LogP contribution is -2.35. The summed E-state index contributed by atoms with van der Waals surface area (Å²) in [4.78, 5) is -0.265. The Balaban J connectivity index is 2.08. The topological polar surface area (TPSA) is 58.2 Å². The molecule has 0 aliphatic carbocycles. The largest absolute Gasteiger partial charge is 0.313 e. The number of halogens is 1. The Hall–Kier alpha value is -0.630. The van der Waals surface area contributed by atoms with Crippen LogP contribution in [-0.4, -0.2) is 32.5 Å². The Morgan fingerprint density at radius 2 is 2.24 bits per heavy atom. The van der Waals surface area contributed by atoms with Gasteiger partial charge in [-0.1, -0.05) is 13.0 Å². The summed E-state index contributed by atoms with van der Waals surface area (Å²) in [5.41, 5.74) is 0.747. The van der Waals surface area contributed by atoms with Crippen molar-refractivity contribution < 1.29 is 12.8 Å². The number of sulfonamides is 1. The van der Waals surface area contributed by atoms with Crippen LogP contribution in [0.3, 0.4) is 0 Å². The van der Waals surface area contributed by atoms with E-state index in [1.54, 1.807) is 17.8 Å². The third kappa shape index (κ3) is 4.67. The number of rotatable bonds is 7. The van der Waals surface area contributed by atoms with Crippen molar-refractivity contribution in [2.75, 3.05) is 18.1 Å². The molecule has 7 heteroatoms. The van der Waals surface area contributed by atoms with E-state index >= 15 is 0 Å². The second kappa shape index (κ2) is 7.58. The molecule has 1 aliphatic heterocycles. The molecule has 1 fully saturated rings. The van der Waals surface area contributed by atoms with E-state index in [2.05, 4.69) is 17.0 Å². The first-order valence-electron chi connectivity index (χ1n) is 7.12. The Labute approximate surface area is 129 Å². The van der Waals surface area contributed by atoms with Crippen molar-refractivity contribution in [3.63, 3.8) is 0 Å². The van der Waals surface area contributed by atoms with Crippen LogP contribution in [0.1, 0.15) is 25.3 Å². The van der Waals surface area contributed by atoms with Gasteiger partial charge < -0.3 is 5.32 Å². The third-order valence-electron chi connectivity index (χ3n) is 3.29. The van der Waals surface area contributed by atoms with Crippen molar-refractivity contribution in [3.05, 3.63) is 29.6 Å². The predicted molar refractivity (Wildman–Crippen MR) is 84.4 cm³/mol. The van der Waals surface area contributed by atoms with Gasteiger partial charge in [0, 0.05) is 18.3 Å². The van der Waals surface area contributed by atoms with Crippen molar-refractivity contribution in [1.82, 2.24) is 10.0 Å². The summed E-state index contributed by atoms with van der Waals surface area (Å²) in [6.07, 6.45) is 1.79. The van der Waals surface area contributed by atoms with Gasteiger partial charge in [0.25, 0.3) is 0 Å². The van der Waals surface area contributed by atoms with Gasteiger partial charge in [0.1, 0.15) is 10.7 Å². The van der Waals surface area contributed by atoms with Crippen LogP contribution < -0.4 is 10.0 Å².